The van der Waals surface area contributed by atoms with Crippen molar-refractivity contribution in [2.24, 2.45) is 0 Å². The zero-order chi connectivity index (χ0) is 14.4. The number of benzene rings is 1. The van der Waals surface area contributed by atoms with Crippen LogP contribution in [-0.2, 0) is 4.79 Å². The highest BCUT2D eigenvalue weighted by Crippen LogP contribution is 2.30. The van der Waals surface area contributed by atoms with Crippen LogP contribution in [0.5, 0.6) is 0 Å². The summed E-state index contributed by atoms with van der Waals surface area (Å²) in [6, 6.07) is 9.89. The van der Waals surface area contributed by atoms with Crippen molar-refractivity contribution >= 4 is 40.3 Å². The fraction of sp³-hybridized carbons (Fsp3) is 0.200. The molecule has 1 N–H and O–H groups in total. The number of thioether (sulfide) groups is 1. The van der Waals surface area contributed by atoms with Crippen molar-refractivity contribution in [3.05, 3.63) is 53.0 Å². The first-order chi connectivity index (χ1) is 9.72. The number of aliphatic hydroxyl groups excluding tert-OH is 1. The van der Waals surface area contributed by atoms with Gasteiger partial charge in [-0.05, 0) is 18.1 Å². The molecular weight excluding hydrogens is 290 g/mol. The van der Waals surface area contributed by atoms with Crippen molar-refractivity contribution in [3.63, 3.8) is 0 Å². The molecule has 1 aliphatic rings. The summed E-state index contributed by atoms with van der Waals surface area (Å²) in [5.74, 6) is -0.0776. The number of nitrogens with zero attached hydrogens (tertiary/aromatic N) is 1. The largest absolute Gasteiger partial charge is 0.396 e. The Labute approximate surface area is 128 Å². The van der Waals surface area contributed by atoms with Gasteiger partial charge in [0.2, 0.25) is 0 Å². The van der Waals surface area contributed by atoms with E-state index in [2.05, 4.69) is 0 Å². The normalized spacial score (nSPS) is 17.6. The van der Waals surface area contributed by atoms with Crippen LogP contribution in [0.4, 0.5) is 0 Å². The Morgan fingerprint density at radius 1 is 1.30 bits per heavy atom. The van der Waals surface area contributed by atoms with E-state index >= 15 is 0 Å². The molecule has 1 amide bonds. The van der Waals surface area contributed by atoms with Gasteiger partial charge in [-0.1, -0.05) is 66.5 Å². The van der Waals surface area contributed by atoms with Crippen LogP contribution in [0.1, 0.15) is 12.0 Å². The molecule has 1 heterocycles. The molecule has 20 heavy (non-hydrogen) atoms. The van der Waals surface area contributed by atoms with E-state index in [9.17, 15) is 4.79 Å². The van der Waals surface area contributed by atoms with Gasteiger partial charge in [-0.15, -0.1) is 0 Å². The fourth-order valence-electron chi connectivity index (χ4n) is 1.75. The molecule has 0 bridgehead atoms. The third kappa shape index (κ3) is 3.79. The number of hydrogen-bond acceptors (Lipinski definition) is 4. The first-order valence-electron chi connectivity index (χ1n) is 6.30. The maximum atomic E-state index is 12.1. The Morgan fingerprint density at radius 2 is 2.05 bits per heavy atom. The minimum atomic E-state index is -0.0776. The zero-order valence-corrected chi connectivity index (χ0v) is 12.5. The Bertz CT molecular complexity index is 552. The van der Waals surface area contributed by atoms with E-state index in [1.54, 1.807) is 11.0 Å². The van der Waals surface area contributed by atoms with E-state index in [-0.39, 0.29) is 12.5 Å². The van der Waals surface area contributed by atoms with Gasteiger partial charge in [0.05, 0.1) is 4.91 Å². The predicted octanol–water partition coefficient (Wildman–Crippen LogP) is 2.83. The summed E-state index contributed by atoms with van der Waals surface area (Å²) in [6.07, 6.45) is 6.12. The van der Waals surface area contributed by atoms with Gasteiger partial charge in [-0.25, -0.2) is 0 Å². The minimum Gasteiger partial charge on any atom is -0.396 e. The summed E-state index contributed by atoms with van der Waals surface area (Å²) in [5.41, 5.74) is 1.08. The summed E-state index contributed by atoms with van der Waals surface area (Å²) in [6.45, 7) is 0.533. The number of carbonyl (C=O) groups is 1. The Morgan fingerprint density at radius 3 is 2.75 bits per heavy atom. The topological polar surface area (TPSA) is 40.5 Å². The second-order valence-electron chi connectivity index (χ2n) is 4.20. The SMILES string of the molecule is O=C1/C(=C/C=C/c2ccccc2)SC(=S)N1CCCO. The second-order valence-corrected chi connectivity index (χ2v) is 5.88. The molecule has 1 aliphatic heterocycles. The Balaban J connectivity index is 2.03. The number of allylic oxidation sites excluding steroid dienone is 2. The van der Waals surface area contributed by atoms with E-state index in [0.29, 0.717) is 22.2 Å². The van der Waals surface area contributed by atoms with E-state index in [0.717, 1.165) is 5.56 Å². The Kier molecular flexibility index (Phi) is 5.52. The van der Waals surface area contributed by atoms with Gasteiger partial charge in [-0.3, -0.25) is 9.69 Å². The van der Waals surface area contributed by atoms with Gasteiger partial charge in [0.25, 0.3) is 5.91 Å². The van der Waals surface area contributed by atoms with E-state index in [1.807, 2.05) is 42.5 Å². The molecule has 0 atom stereocenters. The standard InChI is InChI=1S/C15H15NO2S2/c17-11-5-10-16-14(18)13(20-15(16)19)9-4-8-12-6-2-1-3-7-12/h1-4,6-9,17H,5,10-11H2/b8-4+,13-9-. The van der Waals surface area contributed by atoms with E-state index < -0.39 is 0 Å². The van der Waals surface area contributed by atoms with Crippen LogP contribution in [0, 0.1) is 0 Å². The highest BCUT2D eigenvalue weighted by molar-refractivity contribution is 8.26. The maximum absolute atomic E-state index is 12.1. The van der Waals surface area contributed by atoms with Crippen molar-refractivity contribution in [1.82, 2.24) is 4.90 Å². The van der Waals surface area contributed by atoms with Crippen LogP contribution in [0.3, 0.4) is 0 Å². The fourth-order valence-corrected chi connectivity index (χ4v) is 3.01. The number of amides is 1. The molecule has 1 aromatic carbocycles. The van der Waals surface area contributed by atoms with Gasteiger partial charge in [0.1, 0.15) is 4.32 Å². The van der Waals surface area contributed by atoms with Crippen molar-refractivity contribution in [3.8, 4) is 0 Å². The second kappa shape index (κ2) is 7.38. The smallest absolute Gasteiger partial charge is 0.266 e. The number of thiocarbonyl (C=S) groups is 1. The minimum absolute atomic E-state index is 0.0595. The molecule has 0 aliphatic carbocycles. The number of carbonyl (C=O) groups excluding carboxylic acids is 1. The van der Waals surface area contributed by atoms with E-state index in [4.69, 9.17) is 17.3 Å². The molecule has 0 aromatic heterocycles. The molecule has 0 saturated carbocycles. The monoisotopic (exact) mass is 305 g/mol. The average molecular weight is 305 g/mol. The maximum Gasteiger partial charge on any atom is 0.266 e. The third-order valence-corrected chi connectivity index (χ3v) is 4.15. The number of rotatable bonds is 5. The van der Waals surface area contributed by atoms with E-state index in [1.165, 1.54) is 11.8 Å². The highest BCUT2D eigenvalue weighted by Gasteiger charge is 2.30. The predicted molar refractivity (Wildman–Crippen MR) is 87.2 cm³/mol. The van der Waals surface area contributed by atoms with Crippen molar-refractivity contribution in [1.29, 1.82) is 0 Å². The molecular formula is C15H15NO2S2. The molecule has 5 heteroatoms. The summed E-state index contributed by atoms with van der Waals surface area (Å²) in [7, 11) is 0. The molecule has 1 fully saturated rings. The van der Waals surface area contributed by atoms with Crippen LogP contribution in [-0.4, -0.2) is 33.4 Å². The van der Waals surface area contributed by atoms with Crippen molar-refractivity contribution < 1.29 is 9.90 Å². The van der Waals surface area contributed by atoms with Gasteiger partial charge in [-0.2, -0.15) is 0 Å². The van der Waals surface area contributed by atoms with Crippen LogP contribution in [0.25, 0.3) is 6.08 Å². The first-order valence-corrected chi connectivity index (χ1v) is 7.53. The molecule has 0 spiro atoms. The lowest BCUT2D eigenvalue weighted by molar-refractivity contribution is -0.122. The van der Waals surface area contributed by atoms with Gasteiger partial charge in [0, 0.05) is 13.2 Å². The van der Waals surface area contributed by atoms with Crippen molar-refractivity contribution in [2.45, 2.75) is 6.42 Å². The van der Waals surface area contributed by atoms with Crippen LogP contribution >= 0.6 is 24.0 Å². The highest BCUT2D eigenvalue weighted by atomic mass is 32.2. The third-order valence-electron chi connectivity index (χ3n) is 2.75. The van der Waals surface area contributed by atoms with Gasteiger partial charge >= 0.3 is 0 Å². The molecule has 2 rings (SSSR count). The van der Waals surface area contributed by atoms with Gasteiger partial charge in [0.15, 0.2) is 0 Å². The molecule has 104 valence electrons. The van der Waals surface area contributed by atoms with Crippen LogP contribution in [0.15, 0.2) is 47.4 Å². The quantitative estimate of drug-likeness (QED) is 0.671. The number of aliphatic hydroxyl groups is 1. The van der Waals surface area contributed by atoms with Gasteiger partial charge < -0.3 is 5.11 Å². The first kappa shape index (κ1) is 15.0. The lowest BCUT2D eigenvalue weighted by Crippen LogP contribution is -2.29. The lowest BCUT2D eigenvalue weighted by Gasteiger charge is -2.12. The van der Waals surface area contributed by atoms with Crippen LogP contribution < -0.4 is 0 Å². The Hall–Kier alpha value is -1.43. The molecule has 3 nitrogen and oxygen atoms in total. The molecule has 1 saturated heterocycles. The number of hydrogen-bond donors (Lipinski definition) is 1. The van der Waals surface area contributed by atoms with Crippen LogP contribution in [0.2, 0.25) is 0 Å². The summed E-state index contributed by atoms with van der Waals surface area (Å²) >= 11 is 6.48. The zero-order valence-electron chi connectivity index (χ0n) is 10.9. The molecule has 1 aromatic rings. The van der Waals surface area contributed by atoms with Crippen molar-refractivity contribution in [2.75, 3.05) is 13.2 Å². The molecule has 0 unspecified atom stereocenters. The summed E-state index contributed by atoms with van der Waals surface area (Å²) < 4.78 is 0.558. The lowest BCUT2D eigenvalue weighted by atomic mass is 10.2. The summed E-state index contributed by atoms with van der Waals surface area (Å²) in [4.78, 5) is 14.3. The molecule has 0 radical (unpaired) electrons. The average Bonchev–Trinajstić information content (AvgIpc) is 2.73. The summed E-state index contributed by atoms with van der Waals surface area (Å²) in [5, 5.41) is 8.82.